The highest BCUT2D eigenvalue weighted by atomic mass is 16.5. The van der Waals surface area contributed by atoms with Gasteiger partial charge in [-0.15, -0.1) is 18.6 Å². The number of nitrogens with zero attached hydrogens (tertiary/aromatic N) is 6. The molecule has 0 radical (unpaired) electrons. The van der Waals surface area contributed by atoms with Gasteiger partial charge in [0.2, 0.25) is 0 Å². The Balaban J connectivity index is 0.000000667. The molecule has 73 heavy (non-hydrogen) atoms. The molecule has 0 atom stereocenters. The average Bonchev–Trinajstić information content (AvgIpc) is 3.54. The molecule has 7 heterocycles. The van der Waals surface area contributed by atoms with E-state index in [4.69, 9.17) is 24.7 Å². The van der Waals surface area contributed by atoms with Crippen molar-refractivity contribution >= 4 is 46.9 Å². The van der Waals surface area contributed by atoms with Gasteiger partial charge in [0.1, 0.15) is 12.4 Å². The molecule has 354 valence electrons. The number of aliphatic imine (C=N–C) groups is 2. The molecule has 7 heteroatoms. The maximum Gasteiger partial charge on any atom is 0.124 e. The quantitative estimate of drug-likeness (QED) is 0.101. The molecule has 0 N–H and O–H groups in total. The van der Waals surface area contributed by atoms with E-state index in [0.29, 0.717) is 13.0 Å². The molecule has 0 bridgehead atoms. The number of hydrogen-bond donors (Lipinski definition) is 0. The first-order valence-electron chi connectivity index (χ1n) is 24.4. The highest BCUT2D eigenvalue weighted by Gasteiger charge is 2.21. The summed E-state index contributed by atoms with van der Waals surface area (Å²) < 4.78 is 8.95. The van der Waals surface area contributed by atoms with Crippen molar-refractivity contribution < 1.29 is 4.74 Å². The Morgan fingerprint density at radius 2 is 1.47 bits per heavy atom. The number of aromatic nitrogens is 4. The molecule has 4 aromatic carbocycles. The van der Waals surface area contributed by atoms with Crippen molar-refractivity contribution in [2.45, 2.75) is 32.6 Å². The van der Waals surface area contributed by atoms with Gasteiger partial charge in [-0.05, 0) is 152 Å². The minimum absolute atomic E-state index is 0.409. The normalized spacial score (nSPS) is 14.6. The monoisotopic (exact) mass is 946 g/mol. The lowest BCUT2D eigenvalue weighted by Gasteiger charge is -2.17. The lowest BCUT2D eigenvalue weighted by Crippen LogP contribution is -2.01. The third-order valence-corrected chi connectivity index (χ3v) is 12.6. The lowest BCUT2D eigenvalue weighted by molar-refractivity contribution is 0.360. The molecule has 7 nitrogen and oxygen atoms in total. The van der Waals surface area contributed by atoms with Gasteiger partial charge in [0.05, 0.1) is 34.0 Å². The second kappa shape index (κ2) is 23.9. The van der Waals surface area contributed by atoms with Crippen LogP contribution in [0.1, 0.15) is 46.4 Å². The highest BCUT2D eigenvalue weighted by molar-refractivity contribution is 6.00. The van der Waals surface area contributed by atoms with Crippen molar-refractivity contribution in [3.8, 4) is 63.5 Å². The summed E-state index contributed by atoms with van der Waals surface area (Å²) in [7, 11) is 0. The van der Waals surface area contributed by atoms with Crippen LogP contribution in [0.4, 0.5) is 0 Å². The highest BCUT2D eigenvalue weighted by Crippen LogP contribution is 2.40. The zero-order chi connectivity index (χ0) is 50.2. The SMILES string of the molecule is C#C.C1=CC=CN=CC=1.C=Cc1c(/C=C\Cc2cc(C)ccc2-c2ccccn2)n(C2=C/Cc3cc(-c4ccccn4)c(C4=CCCC=N4)cc3OC/C=C\2)c2ccc(-c3ccccc3-c3ccccn3)cc12. The maximum atomic E-state index is 6.57. The molecule has 3 aliphatic heterocycles. The van der Waals surface area contributed by atoms with E-state index in [0.717, 1.165) is 115 Å². The number of rotatable bonds is 10. The second-order valence-corrected chi connectivity index (χ2v) is 17.2. The van der Waals surface area contributed by atoms with Crippen LogP contribution in [-0.4, -0.2) is 38.6 Å². The third kappa shape index (κ3) is 11.3. The van der Waals surface area contributed by atoms with Gasteiger partial charge >= 0.3 is 0 Å². The van der Waals surface area contributed by atoms with Gasteiger partial charge in [0.15, 0.2) is 0 Å². The number of benzene rings is 4. The first-order valence-corrected chi connectivity index (χ1v) is 24.4. The Hall–Kier alpha value is -9.47. The summed E-state index contributed by atoms with van der Waals surface area (Å²) in [5.74, 6) is 0.848. The number of hydrogen-bond acceptors (Lipinski definition) is 6. The molecular weight excluding hydrogens is 893 g/mol. The van der Waals surface area contributed by atoms with Crippen molar-refractivity contribution in [3.05, 3.63) is 247 Å². The van der Waals surface area contributed by atoms with Crippen molar-refractivity contribution in [1.82, 2.24) is 19.5 Å². The number of allylic oxidation sites excluding steroid dienone is 7. The first kappa shape index (κ1) is 48.5. The summed E-state index contributed by atoms with van der Waals surface area (Å²) in [5.41, 5.74) is 20.9. The number of pyridine rings is 3. The van der Waals surface area contributed by atoms with E-state index in [1.54, 1.807) is 18.5 Å². The van der Waals surface area contributed by atoms with Crippen LogP contribution in [0.5, 0.6) is 5.75 Å². The summed E-state index contributed by atoms with van der Waals surface area (Å²) in [5, 5.41) is 1.11. The Bertz CT molecular complexity index is 3560. The van der Waals surface area contributed by atoms with Crippen molar-refractivity contribution in [2.75, 3.05) is 6.61 Å². The fraction of sp³-hybridized carbons (Fsp3) is 0.0909. The summed E-state index contributed by atoms with van der Waals surface area (Å²) >= 11 is 0. The minimum Gasteiger partial charge on any atom is -0.489 e. The fourth-order valence-electron chi connectivity index (χ4n) is 9.25. The van der Waals surface area contributed by atoms with Gasteiger partial charge < -0.3 is 9.30 Å². The van der Waals surface area contributed by atoms with Crippen molar-refractivity contribution in [2.24, 2.45) is 9.98 Å². The largest absolute Gasteiger partial charge is 0.489 e. The van der Waals surface area contributed by atoms with E-state index in [-0.39, 0.29) is 0 Å². The molecule has 0 fully saturated rings. The molecule has 0 saturated carbocycles. The molecule has 4 aromatic heterocycles. The molecule has 11 rings (SSSR count). The maximum absolute atomic E-state index is 6.57. The summed E-state index contributed by atoms with van der Waals surface area (Å²) in [4.78, 5) is 22.8. The van der Waals surface area contributed by atoms with E-state index in [1.165, 1.54) is 11.1 Å². The molecule has 0 spiro atoms. The Kier molecular flexibility index (Phi) is 15.9. The molecule has 0 aliphatic carbocycles. The zero-order valence-corrected chi connectivity index (χ0v) is 40.9. The zero-order valence-electron chi connectivity index (χ0n) is 40.9. The first-order chi connectivity index (χ1) is 36.1. The Labute approximate surface area is 428 Å². The predicted molar refractivity (Wildman–Crippen MR) is 306 cm³/mol. The van der Waals surface area contributed by atoms with Gasteiger partial charge in [-0.2, -0.15) is 0 Å². The molecule has 3 aliphatic rings. The number of fused-ring (bicyclic) bond motifs is 2. The number of terminal acetylenes is 1. The van der Waals surface area contributed by atoms with Crippen LogP contribution < -0.4 is 4.74 Å². The van der Waals surface area contributed by atoms with Gasteiger partial charge in [-0.25, -0.2) is 0 Å². The van der Waals surface area contributed by atoms with E-state index >= 15 is 0 Å². The molecular formula is C66H54N6O. The number of ether oxygens (including phenoxy) is 1. The summed E-state index contributed by atoms with van der Waals surface area (Å²) in [6, 6.07) is 44.5. The predicted octanol–water partition coefficient (Wildman–Crippen LogP) is 15.5. The smallest absolute Gasteiger partial charge is 0.124 e. The van der Waals surface area contributed by atoms with Crippen LogP contribution in [0.15, 0.2) is 223 Å². The van der Waals surface area contributed by atoms with Crippen LogP contribution in [0, 0.1) is 19.8 Å². The van der Waals surface area contributed by atoms with Crippen LogP contribution in [0.25, 0.3) is 79.3 Å². The minimum atomic E-state index is 0.409. The van der Waals surface area contributed by atoms with Crippen LogP contribution >= 0.6 is 0 Å². The average molecular weight is 947 g/mol. The topological polar surface area (TPSA) is 77.5 Å². The Morgan fingerprint density at radius 3 is 2.19 bits per heavy atom. The molecule has 0 saturated heterocycles. The summed E-state index contributed by atoms with van der Waals surface area (Å²) in [6.45, 7) is 6.97. The van der Waals surface area contributed by atoms with E-state index in [2.05, 4.69) is 169 Å². The van der Waals surface area contributed by atoms with Crippen LogP contribution in [0.2, 0.25) is 0 Å². The fourth-order valence-corrected chi connectivity index (χ4v) is 9.25. The van der Waals surface area contributed by atoms with Crippen LogP contribution in [0.3, 0.4) is 0 Å². The number of aryl methyl sites for hydroxylation is 1. The van der Waals surface area contributed by atoms with E-state index in [1.807, 2.05) is 79.4 Å². The molecule has 8 aromatic rings. The molecule has 0 amide bonds. The van der Waals surface area contributed by atoms with Gasteiger partial charge in [-0.3, -0.25) is 24.9 Å². The Morgan fingerprint density at radius 1 is 0.726 bits per heavy atom. The van der Waals surface area contributed by atoms with Gasteiger partial charge in [0.25, 0.3) is 0 Å². The molecule has 0 unspecified atom stereocenters. The van der Waals surface area contributed by atoms with E-state index in [9.17, 15) is 0 Å². The summed E-state index contributed by atoms with van der Waals surface area (Å²) in [6.07, 6.45) is 43.0. The second-order valence-electron chi connectivity index (χ2n) is 17.2. The lowest BCUT2D eigenvalue weighted by atomic mass is 9.95. The third-order valence-electron chi connectivity index (χ3n) is 12.6. The van der Waals surface area contributed by atoms with Crippen molar-refractivity contribution in [3.63, 3.8) is 0 Å². The van der Waals surface area contributed by atoms with Gasteiger partial charge in [0, 0.05) is 76.1 Å². The van der Waals surface area contributed by atoms with Crippen LogP contribution in [-0.2, 0) is 12.8 Å². The van der Waals surface area contributed by atoms with Gasteiger partial charge in [-0.1, -0.05) is 103 Å². The standard InChI is InChI=1S/C58H47N5O.C6H5N.C2H2/c1-3-45-51-37-42(46-18-4-5-19-48(46)53-21-7-11-32-60-53)27-30-57(51)63(56(45)24-14-16-41-36-40(2)25-29-47(41)52-20-6-10-31-59-52)44-17-15-35-64-58-39-50(55-23-9-13-34-62-55)49(38-43(58)26-28-44)54-22-8-12-33-61-54;1-2-4-6-7-5-3-1;1-2/h3-8,10-12,14-15,17-25,27-34,36-39H,1,9,13,16,26,35H2,2H3;1,3-6H;1-2H/b17-15-,24-14-,44-28+;;. The van der Waals surface area contributed by atoms with E-state index < -0.39 is 0 Å². The van der Waals surface area contributed by atoms with Crippen molar-refractivity contribution in [1.29, 1.82) is 0 Å².